The van der Waals surface area contributed by atoms with Crippen molar-refractivity contribution in [3.8, 4) is 5.75 Å². The van der Waals surface area contributed by atoms with E-state index in [9.17, 15) is 9.18 Å². The van der Waals surface area contributed by atoms with E-state index < -0.39 is 5.91 Å². The number of halogens is 1. The lowest BCUT2D eigenvalue weighted by Gasteiger charge is -2.12. The molecule has 1 aromatic rings. The summed E-state index contributed by atoms with van der Waals surface area (Å²) in [5.41, 5.74) is 4.99. The van der Waals surface area contributed by atoms with Gasteiger partial charge >= 0.3 is 0 Å². The van der Waals surface area contributed by atoms with Gasteiger partial charge in [0.2, 0.25) is 5.91 Å². The van der Waals surface area contributed by atoms with Gasteiger partial charge in [-0.2, -0.15) is 0 Å². The number of rotatable bonds is 4. The van der Waals surface area contributed by atoms with Crippen molar-refractivity contribution in [1.82, 2.24) is 0 Å². The molecule has 76 valence electrons. The SMILES string of the molecule is CC(CC(N)=O)Oc1ccc(F)cc1. The number of benzene rings is 1. The molecule has 0 radical (unpaired) electrons. The molecule has 2 N–H and O–H groups in total. The Kier molecular flexibility index (Phi) is 3.45. The fraction of sp³-hybridized carbons (Fsp3) is 0.300. The minimum atomic E-state index is -0.417. The number of nitrogens with two attached hydrogens (primary N) is 1. The van der Waals surface area contributed by atoms with Gasteiger partial charge in [-0.1, -0.05) is 0 Å². The average Bonchev–Trinajstić information content (AvgIpc) is 2.07. The minimum absolute atomic E-state index is 0.150. The maximum atomic E-state index is 12.5. The van der Waals surface area contributed by atoms with Crippen molar-refractivity contribution in [3.63, 3.8) is 0 Å². The van der Waals surface area contributed by atoms with Gasteiger partial charge in [-0.3, -0.25) is 4.79 Å². The Bertz CT molecular complexity index is 310. The van der Waals surface area contributed by atoms with Crippen LogP contribution in [0.3, 0.4) is 0 Å². The molecule has 14 heavy (non-hydrogen) atoms. The minimum Gasteiger partial charge on any atom is -0.490 e. The van der Waals surface area contributed by atoms with E-state index in [1.165, 1.54) is 24.3 Å². The van der Waals surface area contributed by atoms with E-state index in [1.807, 2.05) is 0 Å². The second-order valence-corrected chi connectivity index (χ2v) is 3.05. The molecule has 4 heteroatoms. The highest BCUT2D eigenvalue weighted by Crippen LogP contribution is 2.13. The highest BCUT2D eigenvalue weighted by atomic mass is 19.1. The molecule has 0 aliphatic carbocycles. The molecule has 1 unspecified atom stereocenters. The quantitative estimate of drug-likeness (QED) is 0.794. The Morgan fingerprint density at radius 1 is 1.50 bits per heavy atom. The van der Waals surface area contributed by atoms with Crippen molar-refractivity contribution in [3.05, 3.63) is 30.1 Å². The van der Waals surface area contributed by atoms with Crippen LogP contribution in [0, 0.1) is 5.82 Å². The molecule has 1 amide bonds. The third kappa shape index (κ3) is 3.43. The van der Waals surface area contributed by atoms with Crippen LogP contribution in [-0.2, 0) is 4.79 Å². The van der Waals surface area contributed by atoms with E-state index in [0.717, 1.165) is 0 Å². The van der Waals surface area contributed by atoms with E-state index in [-0.39, 0.29) is 18.3 Å². The van der Waals surface area contributed by atoms with Crippen LogP contribution in [0.2, 0.25) is 0 Å². The number of amides is 1. The molecule has 0 heterocycles. The first-order valence-corrected chi connectivity index (χ1v) is 4.28. The summed E-state index contributed by atoms with van der Waals surface area (Å²) in [5, 5.41) is 0. The van der Waals surface area contributed by atoms with Crippen molar-refractivity contribution in [2.75, 3.05) is 0 Å². The molecule has 1 aromatic carbocycles. The lowest BCUT2D eigenvalue weighted by molar-refractivity contribution is -0.119. The Labute approximate surface area is 81.7 Å². The number of hydrogen-bond acceptors (Lipinski definition) is 2. The zero-order chi connectivity index (χ0) is 10.6. The topological polar surface area (TPSA) is 52.3 Å². The highest BCUT2D eigenvalue weighted by molar-refractivity contribution is 5.74. The zero-order valence-electron chi connectivity index (χ0n) is 7.87. The lowest BCUT2D eigenvalue weighted by atomic mass is 10.2. The predicted octanol–water partition coefficient (Wildman–Crippen LogP) is 1.47. The highest BCUT2D eigenvalue weighted by Gasteiger charge is 2.07. The molecule has 0 bridgehead atoms. The number of hydrogen-bond donors (Lipinski definition) is 1. The Balaban J connectivity index is 2.51. The molecular weight excluding hydrogens is 185 g/mol. The molecule has 0 spiro atoms. The molecular formula is C10H12FNO2. The normalized spacial score (nSPS) is 12.1. The lowest BCUT2D eigenvalue weighted by Crippen LogP contribution is -2.22. The van der Waals surface area contributed by atoms with E-state index in [1.54, 1.807) is 6.92 Å². The van der Waals surface area contributed by atoms with Gasteiger partial charge in [0.25, 0.3) is 0 Å². The van der Waals surface area contributed by atoms with Crippen LogP contribution >= 0.6 is 0 Å². The van der Waals surface area contributed by atoms with Crippen LogP contribution < -0.4 is 10.5 Å². The van der Waals surface area contributed by atoms with Gasteiger partial charge in [-0.05, 0) is 31.2 Å². The summed E-state index contributed by atoms with van der Waals surface area (Å²) in [6, 6.07) is 5.61. The van der Waals surface area contributed by atoms with Gasteiger partial charge in [0.1, 0.15) is 17.7 Å². The number of primary amides is 1. The van der Waals surface area contributed by atoms with Crippen molar-refractivity contribution in [2.45, 2.75) is 19.4 Å². The smallest absolute Gasteiger partial charge is 0.221 e. The third-order valence-corrected chi connectivity index (χ3v) is 1.64. The molecule has 0 saturated carbocycles. The van der Waals surface area contributed by atoms with Gasteiger partial charge < -0.3 is 10.5 Å². The maximum Gasteiger partial charge on any atom is 0.221 e. The second-order valence-electron chi connectivity index (χ2n) is 3.05. The summed E-state index contributed by atoms with van der Waals surface area (Å²) in [6.07, 6.45) is -0.143. The van der Waals surface area contributed by atoms with Gasteiger partial charge in [0.15, 0.2) is 0 Å². The predicted molar refractivity (Wildman–Crippen MR) is 50.3 cm³/mol. The largest absolute Gasteiger partial charge is 0.490 e. The Morgan fingerprint density at radius 2 is 2.07 bits per heavy atom. The van der Waals surface area contributed by atoms with Crippen molar-refractivity contribution in [2.24, 2.45) is 5.73 Å². The van der Waals surface area contributed by atoms with Crippen LogP contribution in [0.15, 0.2) is 24.3 Å². The Hall–Kier alpha value is -1.58. The van der Waals surface area contributed by atoms with Gasteiger partial charge in [-0.25, -0.2) is 4.39 Å². The first kappa shape index (κ1) is 10.5. The molecule has 0 aliphatic heterocycles. The Morgan fingerprint density at radius 3 is 2.57 bits per heavy atom. The number of ether oxygens (including phenoxy) is 1. The third-order valence-electron chi connectivity index (χ3n) is 1.64. The van der Waals surface area contributed by atoms with Crippen molar-refractivity contribution in [1.29, 1.82) is 0 Å². The van der Waals surface area contributed by atoms with Crippen LogP contribution in [-0.4, -0.2) is 12.0 Å². The molecule has 1 rings (SSSR count). The average molecular weight is 197 g/mol. The van der Waals surface area contributed by atoms with Gasteiger partial charge in [0.05, 0.1) is 6.42 Å². The van der Waals surface area contributed by atoms with E-state index in [4.69, 9.17) is 10.5 Å². The summed E-state index contributed by atoms with van der Waals surface area (Å²) in [6.45, 7) is 1.73. The maximum absolute atomic E-state index is 12.5. The van der Waals surface area contributed by atoms with Crippen molar-refractivity contribution < 1.29 is 13.9 Å². The molecule has 0 aliphatic rings. The fourth-order valence-electron chi connectivity index (χ4n) is 1.07. The van der Waals surface area contributed by atoms with E-state index in [0.29, 0.717) is 5.75 Å². The zero-order valence-corrected chi connectivity index (χ0v) is 7.87. The molecule has 1 atom stereocenters. The summed E-state index contributed by atoms with van der Waals surface area (Å²) >= 11 is 0. The van der Waals surface area contributed by atoms with Gasteiger partial charge in [-0.15, -0.1) is 0 Å². The van der Waals surface area contributed by atoms with Crippen LogP contribution in [0.1, 0.15) is 13.3 Å². The first-order valence-electron chi connectivity index (χ1n) is 4.28. The van der Waals surface area contributed by atoms with Crippen LogP contribution in [0.5, 0.6) is 5.75 Å². The summed E-state index contributed by atoms with van der Waals surface area (Å²) in [7, 11) is 0. The number of carbonyl (C=O) groups is 1. The van der Waals surface area contributed by atoms with Crippen LogP contribution in [0.4, 0.5) is 4.39 Å². The monoisotopic (exact) mass is 197 g/mol. The van der Waals surface area contributed by atoms with E-state index in [2.05, 4.69) is 0 Å². The summed E-state index contributed by atoms with van der Waals surface area (Å²) < 4.78 is 17.8. The molecule has 0 saturated heterocycles. The second kappa shape index (κ2) is 4.60. The summed E-state index contributed by atoms with van der Waals surface area (Å²) in [5.74, 6) is -0.209. The molecule has 3 nitrogen and oxygen atoms in total. The first-order chi connectivity index (χ1) is 6.58. The van der Waals surface area contributed by atoms with Crippen LogP contribution in [0.25, 0.3) is 0 Å². The van der Waals surface area contributed by atoms with E-state index >= 15 is 0 Å². The molecule has 0 fully saturated rings. The summed E-state index contributed by atoms with van der Waals surface area (Å²) in [4.78, 5) is 10.5. The fourth-order valence-corrected chi connectivity index (χ4v) is 1.07. The number of carbonyl (C=O) groups excluding carboxylic acids is 1. The van der Waals surface area contributed by atoms with Gasteiger partial charge in [0, 0.05) is 0 Å². The van der Waals surface area contributed by atoms with Crippen molar-refractivity contribution >= 4 is 5.91 Å². The molecule has 0 aromatic heterocycles. The standard InChI is InChI=1S/C10H12FNO2/c1-7(6-10(12)13)14-9-4-2-8(11)3-5-9/h2-5,7H,6H2,1H3,(H2,12,13).